The van der Waals surface area contributed by atoms with E-state index >= 15 is 0 Å². The van der Waals surface area contributed by atoms with Crippen LogP contribution in [-0.4, -0.2) is 24.4 Å². The molecule has 128 valence electrons. The van der Waals surface area contributed by atoms with Gasteiger partial charge in [-0.1, -0.05) is 36.9 Å². The molecule has 2 aromatic rings. The molecule has 1 aromatic heterocycles. The van der Waals surface area contributed by atoms with Gasteiger partial charge in [-0.2, -0.15) is 4.98 Å². The lowest BCUT2D eigenvalue weighted by molar-refractivity contribution is 0.355. The molecule has 0 spiro atoms. The first-order valence-corrected chi connectivity index (χ1v) is 8.54. The highest BCUT2D eigenvalue weighted by Crippen LogP contribution is 2.30. The first-order chi connectivity index (χ1) is 11.8. The maximum atomic E-state index is 5.38. The van der Waals surface area contributed by atoms with Crippen LogP contribution in [0.2, 0.25) is 0 Å². The molecule has 5 nitrogen and oxygen atoms in total. The number of aromatic nitrogens is 2. The summed E-state index contributed by atoms with van der Waals surface area (Å²) < 4.78 is 15.9. The van der Waals surface area contributed by atoms with E-state index in [9.17, 15) is 0 Å². The molecule has 0 N–H and O–H groups in total. The highest BCUT2D eigenvalue weighted by Gasteiger charge is 2.19. The minimum absolute atomic E-state index is 0.444. The minimum atomic E-state index is 0.444. The van der Waals surface area contributed by atoms with Crippen LogP contribution < -0.4 is 9.47 Å². The summed E-state index contributed by atoms with van der Waals surface area (Å²) in [7, 11) is 3.25. The Morgan fingerprint density at radius 2 is 1.75 bits per heavy atom. The van der Waals surface area contributed by atoms with Crippen LogP contribution in [0.5, 0.6) is 11.5 Å². The van der Waals surface area contributed by atoms with Gasteiger partial charge in [-0.05, 0) is 36.6 Å². The molecule has 5 heteroatoms. The van der Waals surface area contributed by atoms with Gasteiger partial charge < -0.3 is 14.0 Å². The zero-order chi connectivity index (χ0) is 16.8. The van der Waals surface area contributed by atoms with E-state index in [-0.39, 0.29) is 0 Å². The van der Waals surface area contributed by atoms with Crippen LogP contribution in [0.25, 0.3) is 12.2 Å². The molecule has 1 aliphatic carbocycles. The fraction of sp³-hybridized carbons (Fsp3) is 0.474. The van der Waals surface area contributed by atoms with E-state index < -0.39 is 0 Å². The Morgan fingerprint density at radius 1 is 1.00 bits per heavy atom. The van der Waals surface area contributed by atoms with E-state index in [0.29, 0.717) is 23.3 Å². The van der Waals surface area contributed by atoms with Gasteiger partial charge in [0.2, 0.25) is 0 Å². The van der Waals surface area contributed by atoms with Crippen molar-refractivity contribution in [1.82, 2.24) is 10.1 Å². The van der Waals surface area contributed by atoms with E-state index in [1.54, 1.807) is 14.2 Å². The van der Waals surface area contributed by atoms with Crippen molar-refractivity contribution in [3.63, 3.8) is 0 Å². The summed E-state index contributed by atoms with van der Waals surface area (Å²) in [6.07, 6.45) is 11.3. The average Bonchev–Trinajstić information content (AvgIpc) is 2.93. The van der Waals surface area contributed by atoms with Crippen LogP contribution in [0, 0.1) is 0 Å². The standard InChI is InChI=1S/C19H24N2O3/c1-22-16-11-9-14(13-17(16)23-2)10-12-18-20-19(21-24-18)15-7-5-3-4-6-8-15/h9-13,15H,3-8H2,1-2H3/b12-10+. The van der Waals surface area contributed by atoms with E-state index in [0.717, 1.165) is 11.4 Å². The molecule has 0 bridgehead atoms. The number of hydrogen-bond donors (Lipinski definition) is 0. The number of ether oxygens (including phenoxy) is 2. The second-order valence-electron chi connectivity index (χ2n) is 6.13. The van der Waals surface area contributed by atoms with Crippen molar-refractivity contribution < 1.29 is 14.0 Å². The van der Waals surface area contributed by atoms with Crippen LogP contribution in [0.3, 0.4) is 0 Å². The summed E-state index contributed by atoms with van der Waals surface area (Å²) in [5.74, 6) is 3.25. The number of methoxy groups -OCH3 is 2. The molecule has 1 aromatic carbocycles. The molecule has 0 saturated heterocycles. The Balaban J connectivity index is 1.70. The van der Waals surface area contributed by atoms with Gasteiger partial charge in [0.25, 0.3) is 5.89 Å². The van der Waals surface area contributed by atoms with Gasteiger partial charge in [-0.25, -0.2) is 0 Å². The summed E-state index contributed by atoms with van der Waals surface area (Å²) in [5.41, 5.74) is 0.988. The van der Waals surface area contributed by atoms with Crippen molar-refractivity contribution in [3.05, 3.63) is 35.5 Å². The summed E-state index contributed by atoms with van der Waals surface area (Å²) >= 11 is 0. The van der Waals surface area contributed by atoms with Crippen molar-refractivity contribution in [2.45, 2.75) is 44.4 Å². The van der Waals surface area contributed by atoms with E-state index in [4.69, 9.17) is 14.0 Å². The first-order valence-electron chi connectivity index (χ1n) is 8.54. The van der Waals surface area contributed by atoms with Gasteiger partial charge in [0.15, 0.2) is 17.3 Å². The number of benzene rings is 1. The molecule has 1 aliphatic rings. The molecule has 1 heterocycles. The van der Waals surface area contributed by atoms with Crippen molar-refractivity contribution >= 4 is 12.2 Å². The normalized spacial score (nSPS) is 16.2. The fourth-order valence-electron chi connectivity index (χ4n) is 3.14. The van der Waals surface area contributed by atoms with Gasteiger partial charge in [0, 0.05) is 12.0 Å². The Morgan fingerprint density at radius 3 is 2.46 bits per heavy atom. The average molecular weight is 328 g/mol. The largest absolute Gasteiger partial charge is 0.493 e. The van der Waals surface area contributed by atoms with Crippen LogP contribution in [0.15, 0.2) is 22.7 Å². The molecular formula is C19H24N2O3. The topological polar surface area (TPSA) is 57.4 Å². The molecule has 0 unspecified atom stereocenters. The molecule has 1 saturated carbocycles. The summed E-state index contributed by atoms with van der Waals surface area (Å²) in [5, 5.41) is 4.17. The van der Waals surface area contributed by atoms with E-state index in [1.807, 2.05) is 30.4 Å². The molecule has 0 atom stereocenters. The van der Waals surface area contributed by atoms with Gasteiger partial charge in [-0.3, -0.25) is 0 Å². The second kappa shape index (κ2) is 7.99. The van der Waals surface area contributed by atoms with Crippen LogP contribution in [0.1, 0.15) is 61.7 Å². The predicted octanol–water partition coefficient (Wildman–Crippen LogP) is 4.70. The van der Waals surface area contributed by atoms with Crippen molar-refractivity contribution in [2.24, 2.45) is 0 Å². The summed E-state index contributed by atoms with van der Waals surface area (Å²) in [4.78, 5) is 4.55. The molecule has 24 heavy (non-hydrogen) atoms. The monoisotopic (exact) mass is 328 g/mol. The second-order valence-corrected chi connectivity index (χ2v) is 6.13. The van der Waals surface area contributed by atoms with Gasteiger partial charge >= 0.3 is 0 Å². The highest BCUT2D eigenvalue weighted by molar-refractivity contribution is 5.67. The van der Waals surface area contributed by atoms with Crippen molar-refractivity contribution in [1.29, 1.82) is 0 Å². The molecule has 3 rings (SSSR count). The molecule has 0 radical (unpaired) electrons. The lowest BCUT2D eigenvalue weighted by atomic mass is 10.00. The zero-order valence-corrected chi connectivity index (χ0v) is 14.3. The highest BCUT2D eigenvalue weighted by atomic mass is 16.5. The molecule has 1 fully saturated rings. The lowest BCUT2D eigenvalue weighted by Crippen LogP contribution is -1.99. The number of rotatable bonds is 5. The minimum Gasteiger partial charge on any atom is -0.493 e. The third kappa shape index (κ3) is 3.96. The molecule has 0 amide bonds. The predicted molar refractivity (Wildman–Crippen MR) is 93.2 cm³/mol. The van der Waals surface area contributed by atoms with E-state index in [2.05, 4.69) is 10.1 Å². The first kappa shape index (κ1) is 16.6. The summed E-state index contributed by atoms with van der Waals surface area (Å²) in [6.45, 7) is 0. The van der Waals surface area contributed by atoms with E-state index in [1.165, 1.54) is 38.5 Å². The molecule has 0 aliphatic heterocycles. The SMILES string of the molecule is COc1ccc(/C=C/c2nc(C3CCCCCC3)no2)cc1OC. The van der Waals surface area contributed by atoms with Crippen LogP contribution in [-0.2, 0) is 0 Å². The Hall–Kier alpha value is -2.30. The Labute approximate surface area is 142 Å². The smallest absolute Gasteiger partial charge is 0.250 e. The van der Waals surface area contributed by atoms with Crippen molar-refractivity contribution in [3.8, 4) is 11.5 Å². The van der Waals surface area contributed by atoms with Gasteiger partial charge in [-0.15, -0.1) is 0 Å². The fourth-order valence-corrected chi connectivity index (χ4v) is 3.14. The van der Waals surface area contributed by atoms with Crippen LogP contribution in [0.4, 0.5) is 0 Å². The van der Waals surface area contributed by atoms with Crippen molar-refractivity contribution in [2.75, 3.05) is 14.2 Å². The number of nitrogens with zero attached hydrogens (tertiary/aromatic N) is 2. The summed E-state index contributed by atoms with van der Waals surface area (Å²) in [6, 6.07) is 5.75. The third-order valence-corrected chi connectivity index (χ3v) is 4.50. The zero-order valence-electron chi connectivity index (χ0n) is 14.3. The van der Waals surface area contributed by atoms with Crippen LogP contribution >= 0.6 is 0 Å². The quantitative estimate of drug-likeness (QED) is 0.745. The molecular weight excluding hydrogens is 304 g/mol. The Kier molecular flexibility index (Phi) is 5.51. The maximum Gasteiger partial charge on any atom is 0.250 e. The third-order valence-electron chi connectivity index (χ3n) is 4.50. The van der Waals surface area contributed by atoms with Gasteiger partial charge in [0.1, 0.15) is 0 Å². The van der Waals surface area contributed by atoms with Gasteiger partial charge in [0.05, 0.1) is 14.2 Å². The lowest BCUT2D eigenvalue weighted by Gasteiger charge is -2.07. The number of hydrogen-bond acceptors (Lipinski definition) is 5. The maximum absolute atomic E-state index is 5.38. The Bertz CT molecular complexity index is 686.